The number of hydrogen-bond acceptors (Lipinski definition) is 3. The van der Waals surface area contributed by atoms with Crippen molar-refractivity contribution in [3.05, 3.63) is 0 Å². The Morgan fingerprint density at radius 1 is 1.67 bits per heavy atom. The van der Waals surface area contributed by atoms with Gasteiger partial charge in [0, 0.05) is 19.1 Å². The molecule has 0 spiro atoms. The zero-order chi connectivity index (χ0) is 8.97. The van der Waals surface area contributed by atoms with Crippen LogP contribution in [0.4, 0.5) is 0 Å². The van der Waals surface area contributed by atoms with Gasteiger partial charge < -0.3 is 10.4 Å². The van der Waals surface area contributed by atoms with Gasteiger partial charge in [0.25, 0.3) is 0 Å². The van der Waals surface area contributed by atoms with Crippen molar-refractivity contribution in [2.75, 3.05) is 26.2 Å². The molecule has 0 amide bonds. The molecule has 0 aromatic rings. The van der Waals surface area contributed by atoms with E-state index in [0.29, 0.717) is 6.04 Å². The van der Waals surface area contributed by atoms with Crippen LogP contribution in [0.2, 0.25) is 0 Å². The third kappa shape index (κ3) is 2.73. The van der Waals surface area contributed by atoms with Gasteiger partial charge in [-0.15, -0.1) is 0 Å². The molecule has 2 N–H and O–H groups in total. The van der Waals surface area contributed by atoms with Crippen molar-refractivity contribution in [3.63, 3.8) is 0 Å². The number of rotatable bonds is 4. The van der Waals surface area contributed by atoms with Gasteiger partial charge in [-0.3, -0.25) is 4.90 Å². The molecule has 1 rings (SSSR count). The molecule has 2 unspecified atom stereocenters. The first-order valence-corrected chi connectivity index (χ1v) is 4.87. The highest BCUT2D eigenvalue weighted by molar-refractivity contribution is 4.80. The molecule has 72 valence electrons. The normalized spacial score (nSPS) is 26.5. The molecular formula is C9H20N2O. The largest absolute Gasteiger partial charge is 0.392 e. The van der Waals surface area contributed by atoms with Gasteiger partial charge in [-0.05, 0) is 26.4 Å². The summed E-state index contributed by atoms with van der Waals surface area (Å²) >= 11 is 0. The average molecular weight is 172 g/mol. The number of nitrogens with one attached hydrogen (secondary N) is 1. The van der Waals surface area contributed by atoms with Crippen LogP contribution in [0, 0.1) is 0 Å². The predicted molar refractivity (Wildman–Crippen MR) is 50.2 cm³/mol. The van der Waals surface area contributed by atoms with Gasteiger partial charge in [0.2, 0.25) is 0 Å². The highest BCUT2D eigenvalue weighted by atomic mass is 16.3. The Morgan fingerprint density at radius 3 is 2.83 bits per heavy atom. The van der Waals surface area contributed by atoms with Crippen molar-refractivity contribution in [1.29, 1.82) is 0 Å². The molecule has 1 aliphatic heterocycles. The minimum Gasteiger partial charge on any atom is -0.392 e. The summed E-state index contributed by atoms with van der Waals surface area (Å²) in [6.07, 6.45) is 1.02. The summed E-state index contributed by atoms with van der Waals surface area (Å²) in [5.41, 5.74) is 0. The van der Waals surface area contributed by atoms with Crippen LogP contribution in [0.15, 0.2) is 0 Å². The fourth-order valence-electron chi connectivity index (χ4n) is 1.83. The minimum atomic E-state index is -0.203. The third-order valence-corrected chi connectivity index (χ3v) is 2.46. The van der Waals surface area contributed by atoms with Crippen molar-refractivity contribution in [2.45, 2.75) is 32.4 Å². The molecule has 0 aromatic heterocycles. The Bertz CT molecular complexity index is 122. The highest BCUT2D eigenvalue weighted by Gasteiger charge is 2.21. The summed E-state index contributed by atoms with van der Waals surface area (Å²) in [7, 11) is 0. The summed E-state index contributed by atoms with van der Waals surface area (Å²) in [6.45, 7) is 8.06. The van der Waals surface area contributed by atoms with Crippen LogP contribution in [0.5, 0.6) is 0 Å². The average Bonchev–Trinajstić information content (AvgIpc) is 2.51. The number of nitrogens with zero attached hydrogens (tertiary/aromatic N) is 1. The topological polar surface area (TPSA) is 35.5 Å². The molecule has 1 fully saturated rings. The molecule has 0 aliphatic carbocycles. The smallest absolute Gasteiger partial charge is 0.0639 e. The lowest BCUT2D eigenvalue weighted by Gasteiger charge is -2.27. The maximum atomic E-state index is 9.25. The number of aliphatic hydroxyl groups excluding tert-OH is 1. The lowest BCUT2D eigenvalue weighted by Crippen LogP contribution is -2.40. The van der Waals surface area contributed by atoms with E-state index in [0.717, 1.165) is 26.2 Å². The second-order valence-corrected chi connectivity index (χ2v) is 3.58. The minimum absolute atomic E-state index is 0.203. The third-order valence-electron chi connectivity index (χ3n) is 2.46. The zero-order valence-electron chi connectivity index (χ0n) is 8.08. The van der Waals surface area contributed by atoms with Crippen LogP contribution in [-0.2, 0) is 0 Å². The Labute approximate surface area is 74.8 Å². The van der Waals surface area contributed by atoms with Gasteiger partial charge >= 0.3 is 0 Å². The summed E-state index contributed by atoms with van der Waals surface area (Å²) in [5.74, 6) is 0. The van der Waals surface area contributed by atoms with E-state index in [-0.39, 0.29) is 6.10 Å². The SMILES string of the molecule is CCN(CC(C)O)C1CCNC1. The lowest BCUT2D eigenvalue weighted by atomic mass is 10.2. The van der Waals surface area contributed by atoms with Crippen molar-refractivity contribution >= 4 is 0 Å². The molecular weight excluding hydrogens is 152 g/mol. The first-order valence-electron chi connectivity index (χ1n) is 4.87. The van der Waals surface area contributed by atoms with Crippen molar-refractivity contribution in [1.82, 2.24) is 10.2 Å². The van der Waals surface area contributed by atoms with Gasteiger partial charge in [-0.1, -0.05) is 6.92 Å². The lowest BCUT2D eigenvalue weighted by molar-refractivity contribution is 0.107. The maximum Gasteiger partial charge on any atom is 0.0639 e. The van der Waals surface area contributed by atoms with E-state index >= 15 is 0 Å². The van der Waals surface area contributed by atoms with Gasteiger partial charge in [0.1, 0.15) is 0 Å². The predicted octanol–water partition coefficient (Wildman–Crippen LogP) is 0.0510. The molecule has 0 saturated carbocycles. The van der Waals surface area contributed by atoms with Crippen LogP contribution < -0.4 is 5.32 Å². The Hall–Kier alpha value is -0.120. The number of likely N-dealkylation sites (N-methyl/N-ethyl adjacent to an activating group) is 1. The van der Waals surface area contributed by atoms with Crippen molar-refractivity contribution < 1.29 is 5.11 Å². The molecule has 1 aliphatic rings. The van der Waals surface area contributed by atoms with Gasteiger partial charge in [-0.2, -0.15) is 0 Å². The molecule has 1 saturated heterocycles. The molecule has 1 heterocycles. The number of aliphatic hydroxyl groups is 1. The highest BCUT2D eigenvalue weighted by Crippen LogP contribution is 2.08. The summed E-state index contributed by atoms with van der Waals surface area (Å²) in [5, 5.41) is 12.6. The van der Waals surface area contributed by atoms with Crippen LogP contribution in [0.1, 0.15) is 20.3 Å². The first-order chi connectivity index (χ1) is 5.74. The summed E-state index contributed by atoms with van der Waals surface area (Å²) in [6, 6.07) is 0.643. The Balaban J connectivity index is 2.32. The van der Waals surface area contributed by atoms with Gasteiger partial charge in [-0.25, -0.2) is 0 Å². The van der Waals surface area contributed by atoms with E-state index in [9.17, 15) is 5.11 Å². The van der Waals surface area contributed by atoms with Crippen LogP contribution >= 0.6 is 0 Å². The van der Waals surface area contributed by atoms with Gasteiger partial charge in [0.15, 0.2) is 0 Å². The van der Waals surface area contributed by atoms with E-state index in [1.54, 1.807) is 0 Å². The van der Waals surface area contributed by atoms with Crippen LogP contribution in [0.25, 0.3) is 0 Å². The first kappa shape index (κ1) is 9.96. The fraction of sp³-hybridized carbons (Fsp3) is 1.00. The molecule has 0 radical (unpaired) electrons. The molecule has 0 aromatic carbocycles. The summed E-state index contributed by atoms with van der Waals surface area (Å²) < 4.78 is 0. The Morgan fingerprint density at radius 2 is 2.42 bits per heavy atom. The maximum absolute atomic E-state index is 9.25. The quantitative estimate of drug-likeness (QED) is 0.629. The molecule has 3 heteroatoms. The van der Waals surface area contributed by atoms with Crippen molar-refractivity contribution in [3.8, 4) is 0 Å². The van der Waals surface area contributed by atoms with Crippen LogP contribution in [-0.4, -0.2) is 48.3 Å². The molecule has 0 bridgehead atoms. The van der Waals surface area contributed by atoms with Crippen molar-refractivity contribution in [2.24, 2.45) is 0 Å². The van der Waals surface area contributed by atoms with E-state index < -0.39 is 0 Å². The number of hydrogen-bond donors (Lipinski definition) is 2. The standard InChI is InChI=1S/C9H20N2O/c1-3-11(7-8(2)12)9-4-5-10-6-9/h8-10,12H,3-7H2,1-2H3. The van der Waals surface area contributed by atoms with Gasteiger partial charge in [0.05, 0.1) is 6.10 Å². The molecule has 3 nitrogen and oxygen atoms in total. The van der Waals surface area contributed by atoms with E-state index in [1.165, 1.54) is 6.42 Å². The monoisotopic (exact) mass is 172 g/mol. The van der Waals surface area contributed by atoms with E-state index in [4.69, 9.17) is 0 Å². The fourth-order valence-corrected chi connectivity index (χ4v) is 1.83. The molecule has 12 heavy (non-hydrogen) atoms. The summed E-state index contributed by atoms with van der Waals surface area (Å²) in [4.78, 5) is 2.35. The second-order valence-electron chi connectivity index (χ2n) is 3.58. The Kier molecular flexibility index (Phi) is 3.98. The van der Waals surface area contributed by atoms with Crippen LogP contribution in [0.3, 0.4) is 0 Å². The zero-order valence-corrected chi connectivity index (χ0v) is 8.08. The van der Waals surface area contributed by atoms with E-state index in [2.05, 4.69) is 17.1 Å². The van der Waals surface area contributed by atoms with E-state index in [1.807, 2.05) is 6.92 Å². The molecule has 2 atom stereocenters. The second kappa shape index (κ2) is 4.80.